The Hall–Kier alpha value is -1.43. The third kappa shape index (κ3) is 2.57. The second-order valence-electron chi connectivity index (χ2n) is 4.30. The molecule has 1 aromatic heterocycles. The van der Waals surface area contributed by atoms with Crippen molar-refractivity contribution >= 4 is 51.6 Å². The second-order valence-corrected chi connectivity index (χ2v) is 5.64. The monoisotopic (exact) mass is 324 g/mol. The lowest BCUT2D eigenvalue weighted by Gasteiger charge is -2.12. The third-order valence-corrected chi connectivity index (χ3v) is 3.95. The first-order chi connectivity index (χ1) is 9.65. The van der Waals surface area contributed by atoms with E-state index in [1.54, 1.807) is 6.07 Å². The number of nitrogens with zero attached hydrogens (tertiary/aromatic N) is 3. The maximum atomic E-state index is 6.23. The van der Waals surface area contributed by atoms with Crippen LogP contribution in [0.5, 0.6) is 0 Å². The molecule has 0 atom stereocenters. The molecule has 0 spiro atoms. The fourth-order valence-corrected chi connectivity index (χ4v) is 3.10. The first kappa shape index (κ1) is 13.5. The summed E-state index contributed by atoms with van der Waals surface area (Å²) in [7, 11) is 0. The predicted molar refractivity (Wildman–Crippen MR) is 84.3 cm³/mol. The van der Waals surface area contributed by atoms with Crippen LogP contribution in [0.4, 0.5) is 17.1 Å². The summed E-state index contributed by atoms with van der Waals surface area (Å²) in [6, 6.07) is 7.57. The highest BCUT2D eigenvalue weighted by molar-refractivity contribution is 7.58. The van der Waals surface area contributed by atoms with Gasteiger partial charge in [-0.3, -0.25) is 4.98 Å². The number of nitrogens with one attached hydrogen (secondary N) is 1. The number of fused-ring (bicyclic) bond motifs is 1. The Labute approximate surface area is 130 Å². The number of anilines is 1. The lowest BCUT2D eigenvalue weighted by Crippen LogP contribution is -2.03. The number of pyridine rings is 1. The molecular formula is C13H10Cl2N4S. The number of halogens is 2. The molecule has 4 nitrogen and oxygen atoms in total. The minimum absolute atomic E-state index is 0.512. The van der Waals surface area contributed by atoms with Gasteiger partial charge in [0.1, 0.15) is 11.4 Å². The molecular weight excluding hydrogens is 315 g/mol. The first-order valence-electron chi connectivity index (χ1n) is 5.92. The van der Waals surface area contributed by atoms with Gasteiger partial charge in [0, 0.05) is 5.69 Å². The van der Waals surface area contributed by atoms with Gasteiger partial charge in [0.15, 0.2) is 0 Å². The highest BCUT2D eigenvalue weighted by Crippen LogP contribution is 2.47. The Morgan fingerprint density at radius 3 is 2.75 bits per heavy atom. The summed E-state index contributed by atoms with van der Waals surface area (Å²) < 4.78 is 8.42. The lowest BCUT2D eigenvalue weighted by atomic mass is 10.2. The highest BCUT2D eigenvalue weighted by Gasteiger charge is 2.18. The van der Waals surface area contributed by atoms with Crippen molar-refractivity contribution in [3.05, 3.63) is 45.7 Å². The summed E-state index contributed by atoms with van der Waals surface area (Å²) in [5, 5.41) is 4.31. The zero-order valence-electron chi connectivity index (χ0n) is 10.5. The number of hydrogen-bond acceptors (Lipinski definition) is 4. The van der Waals surface area contributed by atoms with E-state index in [2.05, 4.69) is 19.0 Å². The maximum Gasteiger partial charge on any atom is 0.130 e. The van der Waals surface area contributed by atoms with E-state index in [1.807, 2.05) is 25.1 Å². The molecule has 2 aromatic rings. The molecule has 3 rings (SSSR count). The first-order valence-corrected chi connectivity index (χ1v) is 7.40. The minimum Gasteiger partial charge on any atom is -0.376 e. The molecule has 1 aromatic carbocycles. The molecule has 0 radical (unpaired) electrons. The quantitative estimate of drug-likeness (QED) is 0.734. The van der Waals surface area contributed by atoms with Gasteiger partial charge in [-0.25, -0.2) is 0 Å². The van der Waals surface area contributed by atoms with Crippen molar-refractivity contribution in [1.29, 1.82) is 0 Å². The Morgan fingerprint density at radius 1 is 1.15 bits per heavy atom. The molecule has 0 bridgehead atoms. The van der Waals surface area contributed by atoms with Crippen molar-refractivity contribution in [1.82, 2.24) is 4.98 Å². The van der Waals surface area contributed by atoms with Gasteiger partial charge in [-0.2, -0.15) is 8.73 Å². The SMILES string of the molecule is Cc1cccc(CNc2c(Cl)cc(Cl)c3c2N=S=N3)n1. The van der Waals surface area contributed by atoms with Gasteiger partial charge in [0.25, 0.3) is 0 Å². The molecule has 0 saturated heterocycles. The van der Waals surface area contributed by atoms with E-state index in [4.69, 9.17) is 23.2 Å². The average molecular weight is 325 g/mol. The van der Waals surface area contributed by atoms with E-state index >= 15 is 0 Å². The molecule has 1 aliphatic heterocycles. The van der Waals surface area contributed by atoms with Crippen LogP contribution in [0.1, 0.15) is 11.4 Å². The van der Waals surface area contributed by atoms with Crippen LogP contribution in [0.2, 0.25) is 10.0 Å². The van der Waals surface area contributed by atoms with Gasteiger partial charge >= 0.3 is 0 Å². The van der Waals surface area contributed by atoms with Gasteiger partial charge in [-0.1, -0.05) is 29.3 Å². The molecule has 0 unspecified atom stereocenters. The Kier molecular flexibility index (Phi) is 3.74. The van der Waals surface area contributed by atoms with E-state index in [1.165, 1.54) is 0 Å². The van der Waals surface area contributed by atoms with Crippen LogP contribution in [-0.4, -0.2) is 4.98 Å². The van der Waals surface area contributed by atoms with Crippen LogP contribution in [0.15, 0.2) is 33.0 Å². The summed E-state index contributed by atoms with van der Waals surface area (Å²) in [6.07, 6.45) is 0. The molecule has 20 heavy (non-hydrogen) atoms. The van der Waals surface area contributed by atoms with Crippen LogP contribution in [0.3, 0.4) is 0 Å². The molecule has 102 valence electrons. The standard InChI is InChI=1S/C13H10Cl2N4S/c1-7-3-2-4-8(17-7)6-16-11-9(14)5-10(15)12-13(11)19-20-18-12/h2-5,16H,6H2,1H3. The van der Waals surface area contributed by atoms with Gasteiger partial charge in [-0.05, 0) is 25.1 Å². The summed E-state index contributed by atoms with van der Waals surface area (Å²) in [5.41, 5.74) is 4.02. The van der Waals surface area contributed by atoms with Crippen LogP contribution in [-0.2, 0) is 17.9 Å². The lowest BCUT2D eigenvalue weighted by molar-refractivity contribution is 1.02. The number of rotatable bonds is 3. The summed E-state index contributed by atoms with van der Waals surface area (Å²) in [6.45, 7) is 2.52. The number of aryl methyl sites for hydroxylation is 1. The molecule has 1 aliphatic rings. The van der Waals surface area contributed by atoms with Gasteiger partial charge in [-0.15, -0.1) is 0 Å². The van der Waals surface area contributed by atoms with E-state index < -0.39 is 0 Å². The Morgan fingerprint density at radius 2 is 1.95 bits per heavy atom. The smallest absolute Gasteiger partial charge is 0.130 e. The zero-order valence-corrected chi connectivity index (χ0v) is 12.9. The molecule has 7 heteroatoms. The largest absolute Gasteiger partial charge is 0.376 e. The van der Waals surface area contributed by atoms with E-state index in [0.29, 0.717) is 28.0 Å². The van der Waals surface area contributed by atoms with Crippen molar-refractivity contribution in [2.45, 2.75) is 13.5 Å². The Balaban J connectivity index is 1.89. The minimum atomic E-state index is 0.512. The predicted octanol–water partition coefficient (Wildman–Crippen LogP) is 5.04. The molecule has 0 saturated carbocycles. The highest BCUT2D eigenvalue weighted by atomic mass is 35.5. The van der Waals surface area contributed by atoms with Crippen molar-refractivity contribution in [3.63, 3.8) is 0 Å². The number of benzene rings is 1. The van der Waals surface area contributed by atoms with Crippen LogP contribution in [0.25, 0.3) is 0 Å². The van der Waals surface area contributed by atoms with Gasteiger partial charge in [0.2, 0.25) is 0 Å². The topological polar surface area (TPSA) is 49.6 Å². The van der Waals surface area contributed by atoms with E-state index in [9.17, 15) is 0 Å². The third-order valence-electron chi connectivity index (χ3n) is 2.84. The van der Waals surface area contributed by atoms with Crippen LogP contribution < -0.4 is 5.32 Å². The number of hydrogen-bond donors (Lipinski definition) is 1. The fraction of sp³-hybridized carbons (Fsp3) is 0.154. The van der Waals surface area contributed by atoms with Crippen molar-refractivity contribution in [2.24, 2.45) is 8.73 Å². The van der Waals surface area contributed by atoms with Crippen LogP contribution in [0, 0.1) is 6.92 Å². The maximum absolute atomic E-state index is 6.23. The molecule has 0 aliphatic carbocycles. The van der Waals surface area contributed by atoms with Gasteiger partial charge < -0.3 is 5.32 Å². The summed E-state index contributed by atoms with van der Waals surface area (Å²) in [4.78, 5) is 4.44. The molecule has 0 fully saturated rings. The van der Waals surface area contributed by atoms with E-state index in [0.717, 1.165) is 28.4 Å². The van der Waals surface area contributed by atoms with Crippen molar-refractivity contribution in [2.75, 3.05) is 5.32 Å². The van der Waals surface area contributed by atoms with Gasteiger partial charge in [0.05, 0.1) is 39.3 Å². The molecule has 0 amide bonds. The summed E-state index contributed by atoms with van der Waals surface area (Å²) >= 11 is 13.4. The molecule has 1 N–H and O–H groups in total. The van der Waals surface area contributed by atoms with E-state index in [-0.39, 0.29) is 0 Å². The Bertz CT molecular complexity index is 754. The number of aromatic nitrogens is 1. The molecule has 2 heterocycles. The second kappa shape index (κ2) is 5.52. The summed E-state index contributed by atoms with van der Waals surface area (Å²) in [5.74, 6) is 0. The zero-order chi connectivity index (χ0) is 14.1. The average Bonchev–Trinajstić information content (AvgIpc) is 2.88. The fourth-order valence-electron chi connectivity index (χ4n) is 1.92. The van der Waals surface area contributed by atoms with Crippen molar-refractivity contribution in [3.8, 4) is 0 Å². The normalized spacial score (nSPS) is 12.2. The van der Waals surface area contributed by atoms with Crippen LogP contribution >= 0.6 is 23.2 Å². The van der Waals surface area contributed by atoms with Crippen molar-refractivity contribution < 1.29 is 0 Å².